The van der Waals surface area contributed by atoms with Gasteiger partial charge in [0, 0.05) is 16.7 Å². The number of nitrogens with zero attached hydrogens (tertiary/aromatic N) is 2. The van der Waals surface area contributed by atoms with E-state index in [1.807, 2.05) is 42.6 Å². The fourth-order valence-corrected chi connectivity index (χ4v) is 3.01. The minimum atomic E-state index is 0.875. The Kier molecular flexibility index (Phi) is 5.20. The van der Waals surface area contributed by atoms with E-state index in [2.05, 4.69) is 67.4 Å². The normalized spacial score (nSPS) is 10.8. The van der Waals surface area contributed by atoms with E-state index < -0.39 is 0 Å². The van der Waals surface area contributed by atoms with E-state index in [0.29, 0.717) is 0 Å². The predicted molar refractivity (Wildman–Crippen MR) is 107 cm³/mol. The second-order valence-electron chi connectivity index (χ2n) is 6.24. The van der Waals surface area contributed by atoms with Gasteiger partial charge in [0.15, 0.2) is 0 Å². The molecule has 3 aromatic rings. The van der Waals surface area contributed by atoms with Crippen LogP contribution in [0.1, 0.15) is 33.4 Å². The highest BCUT2D eigenvalue weighted by atomic mass is 15.2. The topological polar surface area (TPSA) is 24.7 Å². The van der Waals surface area contributed by atoms with Crippen LogP contribution in [0.3, 0.4) is 0 Å². The lowest BCUT2D eigenvalue weighted by atomic mass is 10.0. The second kappa shape index (κ2) is 7.71. The molecule has 0 atom stereocenters. The summed E-state index contributed by atoms with van der Waals surface area (Å²) in [5.41, 5.74) is 7.83. The van der Waals surface area contributed by atoms with E-state index in [-0.39, 0.29) is 0 Å². The van der Waals surface area contributed by atoms with Gasteiger partial charge in [-0.1, -0.05) is 78.4 Å². The monoisotopic (exact) mass is 326 g/mol. The molecule has 0 aromatic heterocycles. The summed E-state index contributed by atoms with van der Waals surface area (Å²) in [5, 5.41) is 8.96. The number of rotatable bonds is 4. The maximum atomic E-state index is 4.55. The molecule has 3 aromatic carbocycles. The van der Waals surface area contributed by atoms with Crippen LogP contribution in [-0.2, 0) is 0 Å². The molecule has 3 rings (SSSR count). The quantitative estimate of drug-likeness (QED) is 0.448. The van der Waals surface area contributed by atoms with Gasteiger partial charge in [0.1, 0.15) is 5.71 Å². The molecule has 0 N–H and O–H groups in total. The van der Waals surface area contributed by atoms with Gasteiger partial charge in [-0.05, 0) is 31.9 Å². The van der Waals surface area contributed by atoms with Crippen molar-refractivity contribution in [1.82, 2.24) is 0 Å². The third kappa shape index (κ3) is 4.10. The molecular weight excluding hydrogens is 304 g/mol. The fourth-order valence-electron chi connectivity index (χ4n) is 3.01. The lowest BCUT2D eigenvalue weighted by Gasteiger charge is -2.07. The van der Waals surface area contributed by atoms with Crippen molar-refractivity contribution < 1.29 is 0 Å². The van der Waals surface area contributed by atoms with E-state index in [4.69, 9.17) is 0 Å². The molecule has 0 aliphatic rings. The highest BCUT2D eigenvalue weighted by Gasteiger charge is 2.06. The Hall–Kier alpha value is -3.00. The van der Waals surface area contributed by atoms with Crippen LogP contribution in [0.25, 0.3) is 0 Å². The average molecular weight is 326 g/mol. The summed E-state index contributed by atoms with van der Waals surface area (Å²) < 4.78 is 0. The molecule has 0 radical (unpaired) electrons. The Labute approximate surface area is 149 Å². The first-order chi connectivity index (χ1) is 12.1. The van der Waals surface area contributed by atoms with Crippen LogP contribution in [0, 0.1) is 20.8 Å². The molecule has 0 saturated carbocycles. The molecule has 25 heavy (non-hydrogen) atoms. The van der Waals surface area contributed by atoms with Crippen LogP contribution in [0.2, 0.25) is 0 Å². The van der Waals surface area contributed by atoms with E-state index in [0.717, 1.165) is 22.4 Å². The molecule has 0 fully saturated rings. The van der Waals surface area contributed by atoms with Crippen LogP contribution < -0.4 is 0 Å². The first kappa shape index (κ1) is 16.8. The van der Waals surface area contributed by atoms with Crippen molar-refractivity contribution in [3.05, 3.63) is 106 Å². The average Bonchev–Trinajstić information content (AvgIpc) is 2.62. The molecule has 0 saturated heterocycles. The third-order valence-electron chi connectivity index (χ3n) is 4.18. The summed E-state index contributed by atoms with van der Waals surface area (Å²) in [6.45, 7) is 6.34. The lowest BCUT2D eigenvalue weighted by molar-refractivity contribution is 1.23. The largest absolute Gasteiger partial charge is 0.158 e. The van der Waals surface area contributed by atoms with Crippen molar-refractivity contribution >= 4 is 11.9 Å². The smallest absolute Gasteiger partial charge is 0.100 e. The molecule has 2 nitrogen and oxygen atoms in total. The lowest BCUT2D eigenvalue weighted by Crippen LogP contribution is -2.02. The summed E-state index contributed by atoms with van der Waals surface area (Å²) in [7, 11) is 0. The van der Waals surface area contributed by atoms with Crippen molar-refractivity contribution in [3.63, 3.8) is 0 Å². The zero-order valence-corrected chi connectivity index (χ0v) is 14.9. The number of benzene rings is 3. The van der Waals surface area contributed by atoms with E-state index in [9.17, 15) is 0 Å². The highest BCUT2D eigenvalue weighted by molar-refractivity contribution is 6.13. The molecule has 124 valence electrons. The standard InChI is InChI=1S/C23H22N2/c1-17-14-18(2)22(19(3)15-17)16-24-25-23(20-10-6-4-7-11-20)21-12-8-5-9-13-21/h4-16H,1-3H3/b24-16-. The molecule has 0 bridgehead atoms. The number of hydrogen-bond donors (Lipinski definition) is 0. The maximum Gasteiger partial charge on any atom is 0.100 e. The summed E-state index contributed by atoms with van der Waals surface area (Å²) in [4.78, 5) is 0. The highest BCUT2D eigenvalue weighted by Crippen LogP contribution is 2.15. The van der Waals surface area contributed by atoms with Gasteiger partial charge < -0.3 is 0 Å². The SMILES string of the molecule is Cc1cc(C)c(/C=N\N=C(c2ccccc2)c2ccccc2)c(C)c1. The van der Waals surface area contributed by atoms with E-state index in [1.165, 1.54) is 16.7 Å². The van der Waals surface area contributed by atoms with Crippen LogP contribution in [-0.4, -0.2) is 11.9 Å². The minimum absolute atomic E-state index is 0.875. The van der Waals surface area contributed by atoms with Gasteiger partial charge in [0.2, 0.25) is 0 Å². The Balaban J connectivity index is 2.00. The summed E-state index contributed by atoms with van der Waals surface area (Å²) in [6.07, 6.45) is 1.86. The van der Waals surface area contributed by atoms with Crippen molar-refractivity contribution in [2.75, 3.05) is 0 Å². The van der Waals surface area contributed by atoms with Gasteiger partial charge >= 0.3 is 0 Å². The molecule has 0 unspecified atom stereocenters. The van der Waals surface area contributed by atoms with Gasteiger partial charge in [-0.15, -0.1) is 5.10 Å². The number of aryl methyl sites for hydroxylation is 3. The summed E-state index contributed by atoms with van der Waals surface area (Å²) in [6, 6.07) is 24.7. The Morgan fingerprint density at radius 1 is 0.720 bits per heavy atom. The molecule has 0 aliphatic carbocycles. The van der Waals surface area contributed by atoms with Gasteiger partial charge in [0.25, 0.3) is 0 Å². The van der Waals surface area contributed by atoms with Gasteiger partial charge in [-0.2, -0.15) is 5.10 Å². The third-order valence-corrected chi connectivity index (χ3v) is 4.18. The number of hydrogen-bond acceptors (Lipinski definition) is 2. The van der Waals surface area contributed by atoms with Gasteiger partial charge in [0.05, 0.1) is 6.21 Å². The predicted octanol–water partition coefficient (Wildman–Crippen LogP) is 5.48. The van der Waals surface area contributed by atoms with Gasteiger partial charge in [-0.25, -0.2) is 0 Å². The van der Waals surface area contributed by atoms with Crippen molar-refractivity contribution in [1.29, 1.82) is 0 Å². The molecule has 0 spiro atoms. The minimum Gasteiger partial charge on any atom is -0.158 e. The maximum absolute atomic E-state index is 4.55. The first-order valence-corrected chi connectivity index (χ1v) is 8.45. The Morgan fingerprint density at radius 2 is 1.20 bits per heavy atom. The molecule has 0 aliphatic heterocycles. The van der Waals surface area contributed by atoms with Crippen molar-refractivity contribution in [3.8, 4) is 0 Å². The van der Waals surface area contributed by atoms with Crippen LogP contribution >= 0.6 is 0 Å². The molecule has 0 heterocycles. The second-order valence-corrected chi connectivity index (χ2v) is 6.24. The van der Waals surface area contributed by atoms with E-state index >= 15 is 0 Å². The van der Waals surface area contributed by atoms with Crippen LogP contribution in [0.4, 0.5) is 0 Å². The zero-order valence-electron chi connectivity index (χ0n) is 14.9. The van der Waals surface area contributed by atoms with Crippen molar-refractivity contribution in [2.24, 2.45) is 10.2 Å². The Morgan fingerprint density at radius 3 is 1.68 bits per heavy atom. The van der Waals surface area contributed by atoms with Crippen LogP contribution in [0.5, 0.6) is 0 Å². The van der Waals surface area contributed by atoms with Crippen molar-refractivity contribution in [2.45, 2.75) is 20.8 Å². The van der Waals surface area contributed by atoms with E-state index in [1.54, 1.807) is 0 Å². The molecular formula is C23H22N2. The van der Waals surface area contributed by atoms with Crippen LogP contribution in [0.15, 0.2) is 83.0 Å². The summed E-state index contributed by atoms with van der Waals surface area (Å²) in [5.74, 6) is 0. The Bertz CT molecular complexity index is 843. The molecule has 2 heteroatoms. The first-order valence-electron chi connectivity index (χ1n) is 8.45. The summed E-state index contributed by atoms with van der Waals surface area (Å²) >= 11 is 0. The fraction of sp³-hybridized carbons (Fsp3) is 0.130. The molecule has 0 amide bonds. The van der Waals surface area contributed by atoms with Gasteiger partial charge in [-0.3, -0.25) is 0 Å². The zero-order chi connectivity index (χ0) is 17.6.